The minimum absolute atomic E-state index is 0.0924. The zero-order chi connectivity index (χ0) is 23.1. The minimum Gasteiger partial charge on any atom is -0.381 e. The second-order valence-electron chi connectivity index (χ2n) is 9.69. The number of hydrogen-bond donors (Lipinski definition) is 0. The van der Waals surface area contributed by atoms with Gasteiger partial charge in [-0.25, -0.2) is 4.98 Å². The maximum atomic E-state index is 6.22. The number of nitrogens with zero attached hydrogens (tertiary/aromatic N) is 2. The Kier molecular flexibility index (Phi) is 6.11. The third-order valence-corrected chi connectivity index (χ3v) is 7.77. The van der Waals surface area contributed by atoms with Crippen LogP contribution in [0.5, 0.6) is 0 Å². The van der Waals surface area contributed by atoms with E-state index in [1.807, 2.05) is 24.3 Å². The molecular weight excluding hydrogens is 463 g/mol. The molecule has 0 amide bonds. The number of benzene rings is 3. The summed E-state index contributed by atoms with van der Waals surface area (Å²) in [5.74, 6) is 2.62. The Morgan fingerprint density at radius 1 is 0.794 bits per heavy atom. The summed E-state index contributed by atoms with van der Waals surface area (Å²) in [7, 11) is 0. The molecule has 2 heterocycles. The topological polar surface area (TPSA) is 27.1 Å². The number of halogens is 2. The van der Waals surface area contributed by atoms with Crippen molar-refractivity contribution in [1.82, 2.24) is 9.55 Å². The van der Waals surface area contributed by atoms with Gasteiger partial charge in [0, 0.05) is 41.6 Å². The average molecular weight is 491 g/mol. The molecule has 0 radical (unpaired) electrons. The molecule has 2 fully saturated rings. The van der Waals surface area contributed by atoms with E-state index in [9.17, 15) is 0 Å². The van der Waals surface area contributed by atoms with Gasteiger partial charge in [-0.1, -0.05) is 53.5 Å². The molecule has 34 heavy (non-hydrogen) atoms. The van der Waals surface area contributed by atoms with Crippen molar-refractivity contribution in [2.75, 3.05) is 13.2 Å². The van der Waals surface area contributed by atoms with Crippen LogP contribution in [0.15, 0.2) is 66.7 Å². The van der Waals surface area contributed by atoms with Gasteiger partial charge in [0.1, 0.15) is 5.82 Å². The molecule has 4 aromatic rings. The van der Waals surface area contributed by atoms with E-state index in [2.05, 4.69) is 47.0 Å². The molecular formula is C29H28Cl2N2O. The molecule has 0 unspecified atom stereocenters. The van der Waals surface area contributed by atoms with E-state index in [4.69, 9.17) is 32.9 Å². The average Bonchev–Trinajstić information content (AvgIpc) is 3.65. The van der Waals surface area contributed by atoms with E-state index in [1.54, 1.807) is 0 Å². The van der Waals surface area contributed by atoms with Gasteiger partial charge in [0.05, 0.1) is 11.0 Å². The molecule has 1 aromatic heterocycles. The van der Waals surface area contributed by atoms with Crippen molar-refractivity contribution in [3.63, 3.8) is 0 Å². The SMILES string of the molecule is Clc1ccc(C(c2ccc(Cl)cc2)c2ccc3nc(C4CC4)n(CC4CCOCC4)c3c2)cc1. The Morgan fingerprint density at radius 3 is 1.97 bits per heavy atom. The first-order valence-corrected chi connectivity index (χ1v) is 13.0. The Morgan fingerprint density at radius 2 is 1.38 bits per heavy atom. The number of aromatic nitrogens is 2. The molecule has 0 atom stereocenters. The minimum atomic E-state index is 0.0924. The zero-order valence-electron chi connectivity index (χ0n) is 19.1. The molecule has 1 saturated heterocycles. The van der Waals surface area contributed by atoms with Crippen LogP contribution in [0.2, 0.25) is 10.0 Å². The monoisotopic (exact) mass is 490 g/mol. The number of imidazole rings is 1. The third-order valence-electron chi connectivity index (χ3n) is 7.27. The molecule has 1 saturated carbocycles. The van der Waals surface area contributed by atoms with Crippen molar-refractivity contribution < 1.29 is 4.74 Å². The predicted molar refractivity (Wildman–Crippen MR) is 139 cm³/mol. The largest absolute Gasteiger partial charge is 0.381 e. The van der Waals surface area contributed by atoms with Crippen molar-refractivity contribution in [2.24, 2.45) is 5.92 Å². The lowest BCUT2D eigenvalue weighted by molar-refractivity contribution is 0.0613. The summed E-state index contributed by atoms with van der Waals surface area (Å²) in [6.07, 6.45) is 4.76. The van der Waals surface area contributed by atoms with Crippen molar-refractivity contribution in [2.45, 2.75) is 44.1 Å². The van der Waals surface area contributed by atoms with E-state index in [0.717, 1.165) is 48.2 Å². The summed E-state index contributed by atoms with van der Waals surface area (Å²) in [5, 5.41) is 1.50. The van der Waals surface area contributed by atoms with Crippen molar-refractivity contribution in [1.29, 1.82) is 0 Å². The molecule has 174 valence electrons. The second-order valence-corrected chi connectivity index (χ2v) is 10.6. The van der Waals surface area contributed by atoms with Gasteiger partial charge in [0.2, 0.25) is 0 Å². The maximum Gasteiger partial charge on any atom is 0.112 e. The predicted octanol–water partition coefficient (Wildman–Crippen LogP) is 7.83. The first-order chi connectivity index (χ1) is 16.7. The van der Waals surface area contributed by atoms with E-state index >= 15 is 0 Å². The lowest BCUT2D eigenvalue weighted by Gasteiger charge is -2.24. The van der Waals surface area contributed by atoms with Crippen LogP contribution in [0.3, 0.4) is 0 Å². The summed E-state index contributed by atoms with van der Waals surface area (Å²) in [6.45, 7) is 2.77. The molecule has 6 rings (SSSR count). The first kappa shape index (κ1) is 22.2. The maximum absolute atomic E-state index is 6.22. The molecule has 5 heteroatoms. The highest BCUT2D eigenvalue weighted by Gasteiger charge is 2.31. The highest BCUT2D eigenvalue weighted by molar-refractivity contribution is 6.30. The van der Waals surface area contributed by atoms with E-state index in [-0.39, 0.29) is 5.92 Å². The molecule has 1 aliphatic heterocycles. The Labute approximate surface area is 210 Å². The van der Waals surface area contributed by atoms with Crippen LogP contribution in [-0.2, 0) is 11.3 Å². The quantitative estimate of drug-likeness (QED) is 0.257. The fraction of sp³-hybridized carbons (Fsp3) is 0.345. The highest BCUT2D eigenvalue weighted by Crippen LogP contribution is 2.42. The van der Waals surface area contributed by atoms with Crippen molar-refractivity contribution in [3.05, 3.63) is 99.3 Å². The normalized spacial score (nSPS) is 17.0. The summed E-state index contributed by atoms with van der Waals surface area (Å²) in [4.78, 5) is 5.11. The molecule has 0 N–H and O–H groups in total. The fourth-order valence-corrected chi connectivity index (χ4v) is 5.51. The second kappa shape index (κ2) is 9.37. The fourth-order valence-electron chi connectivity index (χ4n) is 5.26. The summed E-state index contributed by atoms with van der Waals surface area (Å²) < 4.78 is 8.14. The number of rotatable bonds is 6. The molecule has 3 nitrogen and oxygen atoms in total. The van der Waals surface area contributed by atoms with Crippen LogP contribution >= 0.6 is 23.2 Å². The van der Waals surface area contributed by atoms with E-state index in [1.165, 1.54) is 40.9 Å². The van der Waals surface area contributed by atoms with Gasteiger partial charge < -0.3 is 9.30 Å². The van der Waals surface area contributed by atoms with Gasteiger partial charge in [-0.15, -0.1) is 0 Å². The van der Waals surface area contributed by atoms with Crippen molar-refractivity contribution in [3.8, 4) is 0 Å². The lowest BCUT2D eigenvalue weighted by Crippen LogP contribution is -2.21. The van der Waals surface area contributed by atoms with Gasteiger partial charge >= 0.3 is 0 Å². The summed E-state index contributed by atoms with van der Waals surface area (Å²) in [6, 6.07) is 23.2. The van der Waals surface area contributed by atoms with E-state index in [0.29, 0.717) is 11.8 Å². The molecule has 0 bridgehead atoms. The van der Waals surface area contributed by atoms with Gasteiger partial charge in [-0.2, -0.15) is 0 Å². The number of fused-ring (bicyclic) bond motifs is 1. The van der Waals surface area contributed by atoms with Gasteiger partial charge in [-0.05, 0) is 84.7 Å². The third kappa shape index (κ3) is 4.49. The van der Waals surface area contributed by atoms with Crippen LogP contribution in [0.25, 0.3) is 11.0 Å². The van der Waals surface area contributed by atoms with Crippen LogP contribution in [0.1, 0.15) is 60.0 Å². The highest BCUT2D eigenvalue weighted by atomic mass is 35.5. The summed E-state index contributed by atoms with van der Waals surface area (Å²) in [5.41, 5.74) is 6.03. The Balaban J connectivity index is 1.46. The van der Waals surface area contributed by atoms with E-state index < -0.39 is 0 Å². The standard InChI is InChI=1S/C29H28Cl2N2O/c30-24-8-3-20(4-9-24)28(21-5-10-25(31)11-6-21)23-7-12-26-27(17-23)33(29(32-26)22-1-2-22)18-19-13-15-34-16-14-19/h3-12,17,19,22,28H,1-2,13-16,18H2. The Hall–Kier alpha value is -2.33. The van der Waals surface area contributed by atoms with Crippen LogP contribution in [-0.4, -0.2) is 22.8 Å². The molecule has 2 aliphatic rings. The molecule has 0 spiro atoms. The van der Waals surface area contributed by atoms with Gasteiger partial charge in [-0.3, -0.25) is 0 Å². The number of hydrogen-bond acceptors (Lipinski definition) is 2. The van der Waals surface area contributed by atoms with Crippen LogP contribution in [0, 0.1) is 5.92 Å². The van der Waals surface area contributed by atoms with Crippen molar-refractivity contribution >= 4 is 34.2 Å². The number of ether oxygens (including phenoxy) is 1. The zero-order valence-corrected chi connectivity index (χ0v) is 20.6. The summed E-state index contributed by atoms with van der Waals surface area (Å²) >= 11 is 12.4. The first-order valence-electron chi connectivity index (χ1n) is 12.2. The smallest absolute Gasteiger partial charge is 0.112 e. The molecule has 3 aromatic carbocycles. The van der Waals surface area contributed by atoms with Crippen LogP contribution < -0.4 is 0 Å². The van der Waals surface area contributed by atoms with Crippen LogP contribution in [0.4, 0.5) is 0 Å². The van der Waals surface area contributed by atoms with Gasteiger partial charge in [0.25, 0.3) is 0 Å². The Bertz CT molecular complexity index is 1240. The van der Waals surface area contributed by atoms with Gasteiger partial charge in [0.15, 0.2) is 0 Å². The molecule has 1 aliphatic carbocycles. The lowest BCUT2D eigenvalue weighted by atomic mass is 9.85.